The Morgan fingerprint density at radius 1 is 1.06 bits per heavy atom. The third kappa shape index (κ3) is 4.83. The number of rotatable bonds is 8. The molecule has 1 unspecified atom stereocenters. The summed E-state index contributed by atoms with van der Waals surface area (Å²) in [7, 11) is -4.04. The van der Waals surface area contributed by atoms with E-state index in [-0.39, 0.29) is 37.9 Å². The number of likely N-dealkylation sites (N-methyl/N-ethyl adjacent to an activating group) is 1. The van der Waals surface area contributed by atoms with E-state index in [9.17, 15) is 17.6 Å². The van der Waals surface area contributed by atoms with Crippen molar-refractivity contribution < 1.29 is 27.1 Å². The second-order valence-corrected chi connectivity index (χ2v) is 8.98. The molecule has 0 fully saturated rings. The molecule has 1 aliphatic heterocycles. The number of fused-ring (bicyclic) bond motifs is 1. The van der Waals surface area contributed by atoms with E-state index in [1.807, 2.05) is 25.1 Å². The third-order valence-corrected chi connectivity index (χ3v) is 7.23. The molecular weight excluding hydrogens is 423 g/mol. The van der Waals surface area contributed by atoms with Gasteiger partial charge in [0.25, 0.3) is 5.91 Å². The van der Waals surface area contributed by atoms with E-state index >= 15 is 0 Å². The number of benzene rings is 2. The maximum atomic E-state index is 14.4. The van der Waals surface area contributed by atoms with E-state index in [1.165, 1.54) is 11.0 Å². The summed E-state index contributed by atoms with van der Waals surface area (Å²) in [6, 6.07) is 10.7. The van der Waals surface area contributed by atoms with E-state index in [4.69, 9.17) is 9.47 Å². The number of carbonyl (C=O) groups is 1. The fraction of sp³-hybridized carbons (Fsp3) is 0.409. The lowest BCUT2D eigenvalue weighted by atomic mass is 10.1. The number of sulfonamides is 1. The van der Waals surface area contributed by atoms with E-state index in [2.05, 4.69) is 0 Å². The van der Waals surface area contributed by atoms with Crippen LogP contribution in [0.5, 0.6) is 11.5 Å². The van der Waals surface area contributed by atoms with Crippen LogP contribution in [0, 0.1) is 5.82 Å². The number of carbonyl (C=O) groups excluding carboxylic acids is 1. The number of amides is 1. The molecule has 31 heavy (non-hydrogen) atoms. The van der Waals surface area contributed by atoms with Crippen molar-refractivity contribution in [3.05, 3.63) is 53.8 Å². The Bertz CT molecular complexity index is 1040. The molecule has 2 aromatic rings. The molecule has 0 aromatic heterocycles. The van der Waals surface area contributed by atoms with Crippen LogP contribution in [-0.4, -0.2) is 62.4 Å². The smallest absolute Gasteiger partial charge is 0.254 e. The van der Waals surface area contributed by atoms with Gasteiger partial charge in [-0.25, -0.2) is 12.8 Å². The van der Waals surface area contributed by atoms with Gasteiger partial charge >= 0.3 is 0 Å². The molecule has 1 heterocycles. The van der Waals surface area contributed by atoms with Crippen LogP contribution in [0.3, 0.4) is 0 Å². The average molecular weight is 451 g/mol. The van der Waals surface area contributed by atoms with Gasteiger partial charge in [0.2, 0.25) is 10.0 Å². The molecule has 0 aliphatic carbocycles. The van der Waals surface area contributed by atoms with Gasteiger partial charge in [0.1, 0.15) is 17.3 Å². The summed E-state index contributed by atoms with van der Waals surface area (Å²) in [4.78, 5) is 14.1. The van der Waals surface area contributed by atoms with Crippen LogP contribution in [0.25, 0.3) is 0 Å². The van der Waals surface area contributed by atoms with Crippen LogP contribution in [0.4, 0.5) is 4.39 Å². The fourth-order valence-electron chi connectivity index (χ4n) is 3.47. The standard InChI is InChI=1S/C22H27FN2O5S/c1-4-24(14-17-15-29-19-9-7-8-10-20(19)30-17)22(26)16-11-12-18(23)21(13-16)31(27,28)25(5-2)6-3/h7-13,17H,4-6,14-15H2,1-3H3. The van der Waals surface area contributed by atoms with Crippen molar-refractivity contribution in [3.63, 3.8) is 0 Å². The Morgan fingerprint density at radius 2 is 1.74 bits per heavy atom. The molecule has 0 bridgehead atoms. The highest BCUT2D eigenvalue weighted by Gasteiger charge is 2.29. The van der Waals surface area contributed by atoms with E-state index < -0.39 is 26.6 Å². The molecule has 3 rings (SSSR count). The highest BCUT2D eigenvalue weighted by Crippen LogP contribution is 2.31. The Kier molecular flexibility index (Phi) is 7.17. The molecule has 1 aliphatic rings. The second kappa shape index (κ2) is 9.65. The van der Waals surface area contributed by atoms with Crippen molar-refractivity contribution in [3.8, 4) is 11.5 Å². The van der Waals surface area contributed by atoms with Crippen LogP contribution in [0.15, 0.2) is 47.4 Å². The van der Waals surface area contributed by atoms with Crippen molar-refractivity contribution in [1.82, 2.24) is 9.21 Å². The van der Waals surface area contributed by atoms with E-state index in [1.54, 1.807) is 19.9 Å². The Hall–Kier alpha value is -2.65. The second-order valence-electron chi connectivity index (χ2n) is 7.08. The van der Waals surface area contributed by atoms with Crippen LogP contribution in [-0.2, 0) is 10.0 Å². The lowest BCUT2D eigenvalue weighted by Crippen LogP contribution is -2.43. The first-order chi connectivity index (χ1) is 14.8. The first-order valence-electron chi connectivity index (χ1n) is 10.3. The molecule has 168 valence electrons. The fourth-order valence-corrected chi connectivity index (χ4v) is 5.02. The number of hydrogen-bond donors (Lipinski definition) is 0. The third-order valence-electron chi connectivity index (χ3n) is 5.16. The van der Waals surface area contributed by atoms with Gasteiger partial charge in [0.05, 0.1) is 6.54 Å². The van der Waals surface area contributed by atoms with Crippen molar-refractivity contribution in [2.45, 2.75) is 31.8 Å². The van der Waals surface area contributed by atoms with E-state index in [0.717, 1.165) is 16.4 Å². The summed E-state index contributed by atoms with van der Waals surface area (Å²) >= 11 is 0. The predicted molar refractivity (Wildman–Crippen MR) is 114 cm³/mol. The first-order valence-corrected chi connectivity index (χ1v) is 11.7. The van der Waals surface area contributed by atoms with Crippen molar-refractivity contribution in [1.29, 1.82) is 0 Å². The lowest BCUT2D eigenvalue weighted by Gasteiger charge is -2.31. The molecule has 1 atom stereocenters. The zero-order chi connectivity index (χ0) is 22.6. The summed E-state index contributed by atoms with van der Waals surface area (Å²) < 4.78 is 52.7. The molecule has 7 nitrogen and oxygen atoms in total. The molecule has 0 radical (unpaired) electrons. The first kappa shape index (κ1) is 23.0. The van der Waals surface area contributed by atoms with Crippen LogP contribution in [0.1, 0.15) is 31.1 Å². The van der Waals surface area contributed by atoms with Gasteiger partial charge in [-0.1, -0.05) is 26.0 Å². The molecule has 0 spiro atoms. The molecule has 2 aromatic carbocycles. The predicted octanol–water partition coefficient (Wildman–Crippen LogP) is 3.16. The number of para-hydroxylation sites is 2. The van der Waals surface area contributed by atoms with Crippen LogP contribution < -0.4 is 9.47 Å². The van der Waals surface area contributed by atoms with Crippen molar-refractivity contribution in [2.24, 2.45) is 0 Å². The Balaban J connectivity index is 1.81. The molecule has 1 amide bonds. The van der Waals surface area contributed by atoms with Gasteiger partial charge in [-0.2, -0.15) is 4.31 Å². The number of halogens is 1. The minimum absolute atomic E-state index is 0.103. The summed E-state index contributed by atoms with van der Waals surface area (Å²) in [5.74, 6) is -0.0254. The quantitative estimate of drug-likeness (QED) is 0.618. The summed E-state index contributed by atoms with van der Waals surface area (Å²) in [5.41, 5.74) is 0.103. The largest absolute Gasteiger partial charge is 0.486 e. The highest BCUT2D eigenvalue weighted by molar-refractivity contribution is 7.89. The average Bonchev–Trinajstić information content (AvgIpc) is 2.77. The van der Waals surface area contributed by atoms with Crippen LogP contribution in [0.2, 0.25) is 0 Å². The highest BCUT2D eigenvalue weighted by atomic mass is 32.2. The Labute approximate surface area is 182 Å². The maximum Gasteiger partial charge on any atom is 0.254 e. The topological polar surface area (TPSA) is 76.1 Å². The van der Waals surface area contributed by atoms with Gasteiger partial charge in [-0.15, -0.1) is 0 Å². The van der Waals surface area contributed by atoms with Gasteiger partial charge in [0.15, 0.2) is 17.6 Å². The minimum atomic E-state index is -4.04. The monoisotopic (exact) mass is 450 g/mol. The van der Waals surface area contributed by atoms with Crippen molar-refractivity contribution >= 4 is 15.9 Å². The Morgan fingerprint density at radius 3 is 2.39 bits per heavy atom. The number of hydrogen-bond acceptors (Lipinski definition) is 5. The summed E-state index contributed by atoms with van der Waals surface area (Å²) in [5, 5.41) is 0. The molecule has 0 saturated heterocycles. The zero-order valence-electron chi connectivity index (χ0n) is 17.9. The lowest BCUT2D eigenvalue weighted by molar-refractivity contribution is 0.0474. The minimum Gasteiger partial charge on any atom is -0.486 e. The molecular formula is C22H27FN2O5S. The SMILES string of the molecule is CCN(CC1COc2ccccc2O1)C(=O)c1ccc(F)c(S(=O)(=O)N(CC)CC)c1. The molecule has 0 saturated carbocycles. The summed E-state index contributed by atoms with van der Waals surface area (Å²) in [6.45, 7) is 6.48. The number of ether oxygens (including phenoxy) is 2. The zero-order valence-corrected chi connectivity index (χ0v) is 18.7. The van der Waals surface area contributed by atoms with E-state index in [0.29, 0.717) is 18.0 Å². The van der Waals surface area contributed by atoms with Crippen molar-refractivity contribution in [2.75, 3.05) is 32.8 Å². The normalized spacial score (nSPS) is 15.7. The molecule has 9 heteroatoms. The molecule has 0 N–H and O–H groups in total. The van der Waals surface area contributed by atoms with Gasteiger partial charge in [0, 0.05) is 25.2 Å². The van der Waals surface area contributed by atoms with Gasteiger partial charge in [-0.05, 0) is 37.3 Å². The maximum absolute atomic E-state index is 14.4. The number of nitrogens with zero attached hydrogens (tertiary/aromatic N) is 2. The van der Waals surface area contributed by atoms with Gasteiger partial charge in [-0.3, -0.25) is 4.79 Å². The summed E-state index contributed by atoms with van der Waals surface area (Å²) in [6.07, 6.45) is -0.377. The van der Waals surface area contributed by atoms with Gasteiger partial charge < -0.3 is 14.4 Å². The van der Waals surface area contributed by atoms with Crippen LogP contribution >= 0.6 is 0 Å².